The van der Waals surface area contributed by atoms with Crippen molar-refractivity contribution >= 4 is 0 Å². The first-order valence-corrected chi connectivity index (χ1v) is 2.86. The lowest BCUT2D eigenvalue weighted by molar-refractivity contribution is 0.149. The summed E-state index contributed by atoms with van der Waals surface area (Å²) >= 11 is 0. The smallest absolute Gasteiger partial charge is 0.128 e. The minimum absolute atomic E-state index is 0.627. The van der Waals surface area contributed by atoms with Crippen molar-refractivity contribution in [2.45, 2.75) is 0 Å². The molecule has 50 valence electrons. The van der Waals surface area contributed by atoms with Gasteiger partial charge in [-0.05, 0) is 12.1 Å². The van der Waals surface area contributed by atoms with E-state index in [-0.39, 0.29) is 0 Å². The zero-order valence-corrected chi connectivity index (χ0v) is 5.10. The van der Waals surface area contributed by atoms with Crippen LogP contribution in [0.5, 0.6) is 0 Å². The maximum absolute atomic E-state index is 9.03. The van der Waals surface area contributed by atoms with Gasteiger partial charge in [0.1, 0.15) is 5.69 Å². The molecule has 2 aliphatic rings. The highest BCUT2D eigenvalue weighted by Gasteiger charge is 2.05. The number of hydrogen-bond acceptors (Lipinski definition) is 3. The van der Waals surface area contributed by atoms with E-state index in [1.807, 2.05) is 0 Å². The quantitative estimate of drug-likeness (QED) is 0.539. The van der Waals surface area contributed by atoms with Crippen LogP contribution in [0.4, 0.5) is 0 Å². The Balaban J connectivity index is 2.80. The molecule has 0 fully saturated rings. The highest BCUT2D eigenvalue weighted by molar-refractivity contribution is 5.54. The van der Waals surface area contributed by atoms with Crippen LogP contribution in [0, 0.1) is 0 Å². The second-order valence-corrected chi connectivity index (χ2v) is 1.94. The van der Waals surface area contributed by atoms with Gasteiger partial charge in [-0.1, -0.05) is 0 Å². The highest BCUT2D eigenvalue weighted by atomic mass is 16.5. The maximum Gasteiger partial charge on any atom is 0.128 e. The summed E-state index contributed by atoms with van der Waals surface area (Å²) in [5, 5.41) is 12.6. The molecule has 0 aromatic rings. The number of aromatic nitrogens is 3. The third-order valence-corrected chi connectivity index (χ3v) is 1.33. The second-order valence-electron chi connectivity index (χ2n) is 1.94. The van der Waals surface area contributed by atoms with Crippen molar-refractivity contribution in [3.8, 4) is 11.4 Å². The SMILES string of the molecule is On1nccc2nccc1-2. The molecule has 0 atom stereocenters. The van der Waals surface area contributed by atoms with Gasteiger partial charge in [-0.15, -0.1) is 9.94 Å². The average molecular weight is 135 g/mol. The van der Waals surface area contributed by atoms with Crippen molar-refractivity contribution in [2.75, 3.05) is 0 Å². The minimum Gasteiger partial charge on any atom is -0.411 e. The summed E-state index contributed by atoms with van der Waals surface area (Å²) in [5.41, 5.74) is 1.38. The van der Waals surface area contributed by atoms with E-state index in [9.17, 15) is 0 Å². The number of nitrogens with zero attached hydrogens (tertiary/aromatic N) is 3. The maximum atomic E-state index is 9.03. The Morgan fingerprint density at radius 1 is 1.30 bits per heavy atom. The lowest BCUT2D eigenvalue weighted by Gasteiger charge is -1.99. The van der Waals surface area contributed by atoms with Gasteiger partial charge in [0.2, 0.25) is 0 Å². The highest BCUT2D eigenvalue weighted by Crippen LogP contribution is 2.15. The van der Waals surface area contributed by atoms with Crippen LogP contribution < -0.4 is 0 Å². The minimum atomic E-state index is 0.627. The van der Waals surface area contributed by atoms with Crippen LogP contribution in [0.25, 0.3) is 11.4 Å². The van der Waals surface area contributed by atoms with E-state index in [1.165, 1.54) is 6.20 Å². The third kappa shape index (κ3) is 0.556. The lowest BCUT2D eigenvalue weighted by atomic mass is 10.3. The zero-order chi connectivity index (χ0) is 6.97. The van der Waals surface area contributed by atoms with E-state index in [1.54, 1.807) is 18.3 Å². The molecule has 0 amide bonds. The normalized spacial score (nSPS) is 10.4. The molecule has 0 aliphatic carbocycles. The van der Waals surface area contributed by atoms with E-state index in [0.29, 0.717) is 5.69 Å². The molecule has 0 saturated heterocycles. The van der Waals surface area contributed by atoms with Crippen molar-refractivity contribution in [1.29, 1.82) is 0 Å². The van der Waals surface area contributed by atoms with Gasteiger partial charge in [0.15, 0.2) is 0 Å². The molecule has 0 unspecified atom stereocenters. The van der Waals surface area contributed by atoms with Crippen molar-refractivity contribution in [1.82, 2.24) is 14.9 Å². The second kappa shape index (κ2) is 1.70. The van der Waals surface area contributed by atoms with Gasteiger partial charge in [0.05, 0.1) is 11.9 Å². The van der Waals surface area contributed by atoms with Gasteiger partial charge in [-0.2, -0.15) is 0 Å². The summed E-state index contributed by atoms with van der Waals surface area (Å²) in [6.45, 7) is 0. The Hall–Kier alpha value is -1.58. The fourth-order valence-electron chi connectivity index (χ4n) is 0.867. The van der Waals surface area contributed by atoms with E-state index < -0.39 is 0 Å². The van der Waals surface area contributed by atoms with E-state index in [0.717, 1.165) is 10.5 Å². The van der Waals surface area contributed by atoms with Gasteiger partial charge in [-0.3, -0.25) is 4.98 Å². The Bertz CT molecular complexity index is 317. The first-order valence-electron chi connectivity index (χ1n) is 2.86. The van der Waals surface area contributed by atoms with Crippen molar-refractivity contribution in [3.63, 3.8) is 0 Å². The molecule has 0 aromatic heterocycles. The summed E-state index contributed by atoms with van der Waals surface area (Å²) < 4.78 is 0. The summed E-state index contributed by atoms with van der Waals surface area (Å²) in [7, 11) is 0. The molecule has 0 radical (unpaired) electrons. The van der Waals surface area contributed by atoms with Crippen LogP contribution in [-0.2, 0) is 0 Å². The Morgan fingerprint density at radius 3 is 3.00 bits per heavy atom. The van der Waals surface area contributed by atoms with E-state index >= 15 is 0 Å². The summed E-state index contributed by atoms with van der Waals surface area (Å²) in [5.74, 6) is 0. The van der Waals surface area contributed by atoms with Crippen molar-refractivity contribution in [2.24, 2.45) is 0 Å². The number of fused-ring (bicyclic) bond motifs is 1. The van der Waals surface area contributed by atoms with Crippen LogP contribution in [0.1, 0.15) is 0 Å². The molecule has 2 rings (SSSR count). The van der Waals surface area contributed by atoms with Crippen LogP contribution in [0.3, 0.4) is 0 Å². The predicted octanol–water partition coefficient (Wildman–Crippen LogP) is 0.620. The Kier molecular flexibility index (Phi) is 0.887. The molecular formula is C6H5N3O. The number of hydrogen-bond donors (Lipinski definition) is 1. The lowest BCUT2D eigenvalue weighted by Crippen LogP contribution is -2.00. The van der Waals surface area contributed by atoms with Gasteiger partial charge in [0.25, 0.3) is 0 Å². The molecule has 10 heavy (non-hydrogen) atoms. The molecule has 0 saturated carbocycles. The molecule has 1 N–H and O–H groups in total. The van der Waals surface area contributed by atoms with Crippen molar-refractivity contribution in [3.05, 3.63) is 24.5 Å². The Morgan fingerprint density at radius 2 is 2.20 bits per heavy atom. The molecular weight excluding hydrogens is 130 g/mol. The molecule has 2 heterocycles. The fourth-order valence-corrected chi connectivity index (χ4v) is 0.867. The van der Waals surface area contributed by atoms with Crippen LogP contribution in [0.15, 0.2) is 24.5 Å². The van der Waals surface area contributed by atoms with Gasteiger partial charge in [0, 0.05) is 6.20 Å². The first-order chi connectivity index (χ1) is 4.88. The standard InChI is InChI=1S/C6H5N3O/c10-9-6-2-3-7-5(6)1-4-8-9/h1-4,10H. The van der Waals surface area contributed by atoms with Gasteiger partial charge in [-0.25, -0.2) is 0 Å². The molecule has 0 bridgehead atoms. The average Bonchev–Trinajstić information content (AvgIpc) is 2.36. The molecule has 0 spiro atoms. The van der Waals surface area contributed by atoms with Crippen LogP contribution in [-0.4, -0.2) is 20.1 Å². The monoisotopic (exact) mass is 135 g/mol. The third-order valence-electron chi connectivity index (χ3n) is 1.33. The van der Waals surface area contributed by atoms with E-state index in [2.05, 4.69) is 10.1 Å². The summed E-state index contributed by atoms with van der Waals surface area (Å²) in [6, 6.07) is 3.43. The van der Waals surface area contributed by atoms with E-state index in [4.69, 9.17) is 5.21 Å². The van der Waals surface area contributed by atoms with Crippen LogP contribution >= 0.6 is 0 Å². The molecule has 0 aromatic carbocycles. The molecule has 4 nitrogen and oxygen atoms in total. The molecule has 4 heteroatoms. The zero-order valence-electron chi connectivity index (χ0n) is 5.10. The van der Waals surface area contributed by atoms with Crippen LogP contribution in [0.2, 0.25) is 0 Å². The largest absolute Gasteiger partial charge is 0.411 e. The van der Waals surface area contributed by atoms with Gasteiger partial charge < -0.3 is 5.21 Å². The fraction of sp³-hybridized carbons (Fsp3) is 0. The summed E-state index contributed by atoms with van der Waals surface area (Å²) in [4.78, 5) is 4.77. The van der Waals surface area contributed by atoms with Crippen molar-refractivity contribution < 1.29 is 5.21 Å². The topological polar surface area (TPSA) is 50.9 Å². The van der Waals surface area contributed by atoms with Gasteiger partial charge >= 0.3 is 0 Å². The summed E-state index contributed by atoms with van der Waals surface area (Å²) in [6.07, 6.45) is 3.12. The Labute approximate surface area is 57.0 Å². The number of rotatable bonds is 0. The first kappa shape index (κ1) is 5.22. The predicted molar refractivity (Wildman–Crippen MR) is 33.8 cm³/mol. The molecule has 2 aliphatic heterocycles.